The molecule has 2 heterocycles. The highest BCUT2D eigenvalue weighted by atomic mass is 35.5. The lowest BCUT2D eigenvalue weighted by Gasteiger charge is -2.11. The maximum Gasteiger partial charge on any atom is 0.142 e. The number of benzene rings is 1. The minimum absolute atomic E-state index is 0.170. The van der Waals surface area contributed by atoms with Gasteiger partial charge in [0.05, 0.1) is 12.3 Å². The first-order valence-corrected chi connectivity index (χ1v) is 6.09. The van der Waals surface area contributed by atoms with Crippen molar-refractivity contribution in [1.29, 1.82) is 0 Å². The molecule has 1 N–H and O–H groups in total. The van der Waals surface area contributed by atoms with E-state index in [0.717, 1.165) is 16.7 Å². The second-order valence-corrected chi connectivity index (χ2v) is 4.81. The first-order valence-electron chi connectivity index (χ1n) is 5.71. The molecule has 1 aromatic carbocycles. The molecule has 0 saturated carbocycles. The molecule has 0 aliphatic carbocycles. The molecular weight excluding hydrogens is 256 g/mol. The van der Waals surface area contributed by atoms with E-state index < -0.39 is 0 Å². The molecular formula is C14H12ClNO2. The number of aromatic hydroxyl groups is 1. The smallest absolute Gasteiger partial charge is 0.142 e. The summed E-state index contributed by atoms with van der Waals surface area (Å²) in [5, 5.41) is 10.7. The Bertz CT molecular complexity index is 595. The molecule has 3 rings (SSSR count). The van der Waals surface area contributed by atoms with Crippen LogP contribution in [0.25, 0.3) is 0 Å². The van der Waals surface area contributed by atoms with Gasteiger partial charge in [-0.15, -0.1) is 0 Å². The van der Waals surface area contributed by atoms with Gasteiger partial charge < -0.3 is 9.84 Å². The summed E-state index contributed by atoms with van der Waals surface area (Å²) in [6.45, 7) is 2.20. The van der Waals surface area contributed by atoms with E-state index in [1.165, 1.54) is 0 Å². The Balaban J connectivity index is 2.05. The van der Waals surface area contributed by atoms with Gasteiger partial charge in [-0.2, -0.15) is 0 Å². The molecule has 4 heteroatoms. The zero-order chi connectivity index (χ0) is 12.7. The van der Waals surface area contributed by atoms with Gasteiger partial charge in [-0.3, -0.25) is 4.98 Å². The first-order chi connectivity index (χ1) is 8.66. The molecule has 1 atom stereocenters. The highest BCUT2D eigenvalue weighted by molar-refractivity contribution is 6.30. The molecule has 18 heavy (non-hydrogen) atoms. The lowest BCUT2D eigenvalue weighted by atomic mass is 10.1. The summed E-state index contributed by atoms with van der Waals surface area (Å²) in [4.78, 5) is 4.19. The number of hydrogen-bond acceptors (Lipinski definition) is 3. The first kappa shape index (κ1) is 11.5. The zero-order valence-corrected chi connectivity index (χ0v) is 10.6. The van der Waals surface area contributed by atoms with Gasteiger partial charge in [0.15, 0.2) is 0 Å². The lowest BCUT2D eigenvalue weighted by molar-refractivity contribution is 0.0932. The summed E-state index contributed by atoms with van der Waals surface area (Å²) in [5.74, 6) is 0.240. The number of hydrogen-bond donors (Lipinski definition) is 1. The van der Waals surface area contributed by atoms with Crippen LogP contribution >= 0.6 is 11.6 Å². The summed E-state index contributed by atoms with van der Waals surface area (Å²) in [5.41, 5.74) is 3.42. The summed E-state index contributed by atoms with van der Waals surface area (Å²) < 4.78 is 5.74. The van der Waals surface area contributed by atoms with E-state index >= 15 is 0 Å². The van der Waals surface area contributed by atoms with E-state index in [1.807, 2.05) is 24.3 Å². The number of pyridine rings is 1. The molecule has 0 fully saturated rings. The second-order valence-electron chi connectivity index (χ2n) is 4.37. The van der Waals surface area contributed by atoms with Gasteiger partial charge in [-0.1, -0.05) is 23.7 Å². The highest BCUT2D eigenvalue weighted by Crippen LogP contribution is 2.40. The van der Waals surface area contributed by atoms with Crippen LogP contribution < -0.4 is 0 Å². The maximum absolute atomic E-state index is 9.96. The minimum Gasteiger partial charge on any atom is -0.506 e. The van der Waals surface area contributed by atoms with Gasteiger partial charge in [0.2, 0.25) is 0 Å². The van der Waals surface area contributed by atoms with E-state index in [9.17, 15) is 5.11 Å². The topological polar surface area (TPSA) is 42.4 Å². The summed E-state index contributed by atoms with van der Waals surface area (Å²) >= 11 is 5.87. The molecule has 0 amide bonds. The number of rotatable bonds is 1. The van der Waals surface area contributed by atoms with Gasteiger partial charge in [-0.25, -0.2) is 0 Å². The van der Waals surface area contributed by atoms with E-state index in [4.69, 9.17) is 16.3 Å². The normalized spacial score (nSPS) is 17.8. The zero-order valence-electron chi connectivity index (χ0n) is 9.85. The van der Waals surface area contributed by atoms with Crippen molar-refractivity contribution in [3.63, 3.8) is 0 Å². The van der Waals surface area contributed by atoms with E-state index in [1.54, 1.807) is 13.1 Å². The van der Waals surface area contributed by atoms with E-state index in [-0.39, 0.29) is 11.9 Å². The van der Waals surface area contributed by atoms with Crippen molar-refractivity contribution < 1.29 is 9.84 Å². The van der Waals surface area contributed by atoms with Crippen LogP contribution in [0.15, 0.2) is 30.5 Å². The number of fused-ring (bicyclic) bond motifs is 1. The van der Waals surface area contributed by atoms with Crippen LogP contribution in [0.3, 0.4) is 0 Å². The van der Waals surface area contributed by atoms with Gasteiger partial charge in [-0.05, 0) is 24.6 Å². The van der Waals surface area contributed by atoms with E-state index in [0.29, 0.717) is 17.3 Å². The second kappa shape index (κ2) is 4.26. The fourth-order valence-electron chi connectivity index (χ4n) is 2.21. The molecule has 0 radical (unpaired) electrons. The van der Waals surface area contributed by atoms with Crippen molar-refractivity contribution in [2.24, 2.45) is 0 Å². The van der Waals surface area contributed by atoms with Crippen molar-refractivity contribution in [1.82, 2.24) is 4.98 Å². The Hall–Kier alpha value is -1.58. The van der Waals surface area contributed by atoms with Crippen molar-refractivity contribution in [2.45, 2.75) is 19.6 Å². The molecule has 0 saturated heterocycles. The molecule has 2 aromatic rings. The van der Waals surface area contributed by atoms with Gasteiger partial charge >= 0.3 is 0 Å². The summed E-state index contributed by atoms with van der Waals surface area (Å²) in [6.07, 6.45) is 1.60. The lowest BCUT2D eigenvalue weighted by Crippen LogP contribution is -1.99. The molecule has 3 nitrogen and oxygen atoms in total. The van der Waals surface area contributed by atoms with Crippen LogP contribution in [0.5, 0.6) is 5.75 Å². The molecule has 0 unspecified atom stereocenters. The third-order valence-corrected chi connectivity index (χ3v) is 3.48. The van der Waals surface area contributed by atoms with Crippen LogP contribution in [0.4, 0.5) is 0 Å². The fourth-order valence-corrected chi connectivity index (χ4v) is 2.33. The van der Waals surface area contributed by atoms with Crippen LogP contribution in [0, 0.1) is 6.92 Å². The molecule has 0 bridgehead atoms. The maximum atomic E-state index is 9.96. The predicted octanol–water partition coefficient (Wildman–Crippen LogP) is 3.37. The van der Waals surface area contributed by atoms with Crippen LogP contribution in [0.2, 0.25) is 5.02 Å². The van der Waals surface area contributed by atoms with Crippen LogP contribution in [-0.2, 0) is 11.3 Å². The highest BCUT2D eigenvalue weighted by Gasteiger charge is 2.28. The Kier molecular flexibility index (Phi) is 2.73. The summed E-state index contributed by atoms with van der Waals surface area (Å²) in [6, 6.07) is 7.53. The number of aromatic nitrogens is 1. The SMILES string of the molecule is Cc1ncc2c(c1O)CO[C@@H]2[13c]1[13cH][13cH][13c](Cl)[13cH][13cH]1. The average molecular weight is 268 g/mol. The Morgan fingerprint density at radius 3 is 2.78 bits per heavy atom. The van der Waals surface area contributed by atoms with Crippen molar-refractivity contribution in [3.8, 4) is 5.75 Å². The third kappa shape index (κ3) is 1.76. The van der Waals surface area contributed by atoms with E-state index in [2.05, 4.69) is 4.98 Å². The Morgan fingerprint density at radius 2 is 2.06 bits per heavy atom. The Labute approximate surface area is 110 Å². The fraction of sp³-hybridized carbons (Fsp3) is 0.214. The van der Waals surface area contributed by atoms with Crippen molar-refractivity contribution in [3.05, 3.63) is 57.9 Å². The van der Waals surface area contributed by atoms with Crippen LogP contribution in [-0.4, -0.2) is 10.1 Å². The molecule has 1 aliphatic rings. The monoisotopic (exact) mass is 267 g/mol. The Morgan fingerprint density at radius 1 is 1.33 bits per heavy atom. The number of nitrogens with zero attached hydrogens (tertiary/aromatic N) is 1. The molecule has 1 aliphatic heterocycles. The van der Waals surface area contributed by atoms with Gasteiger partial charge in [0.1, 0.15) is 11.9 Å². The van der Waals surface area contributed by atoms with Crippen molar-refractivity contribution >= 4 is 11.6 Å². The molecule has 0 spiro atoms. The molecule has 92 valence electrons. The third-order valence-electron chi connectivity index (χ3n) is 3.22. The van der Waals surface area contributed by atoms with Crippen molar-refractivity contribution in [2.75, 3.05) is 0 Å². The van der Waals surface area contributed by atoms with Gasteiger partial charge in [0.25, 0.3) is 0 Å². The average Bonchev–Trinajstić information content (AvgIpc) is 2.79. The molecule has 1 aromatic heterocycles. The number of ether oxygens (including phenoxy) is 1. The summed E-state index contributed by atoms with van der Waals surface area (Å²) in [7, 11) is 0. The number of aryl methyl sites for hydroxylation is 1. The van der Waals surface area contributed by atoms with Gasteiger partial charge in [0, 0.05) is 22.3 Å². The number of halogens is 1. The van der Waals surface area contributed by atoms with Crippen LogP contribution in [0.1, 0.15) is 28.5 Å². The predicted molar refractivity (Wildman–Crippen MR) is 68.7 cm³/mol. The standard InChI is InChI=1S/C14H12ClNO2/c1-8-13(17)12-7-18-14(11(12)6-16-8)9-2-4-10(15)5-3-9/h2-6,14,17H,7H2,1H3/t14-/m1/s1/i2+1,3+1,4+1,5+1,9+1,10+1. The minimum atomic E-state index is -0.170. The quantitative estimate of drug-likeness (QED) is 0.861. The largest absolute Gasteiger partial charge is 0.506 e.